The lowest BCUT2D eigenvalue weighted by molar-refractivity contribution is 0.570. The minimum absolute atomic E-state index is 0.0479. The molecule has 0 aliphatic heterocycles. The van der Waals surface area contributed by atoms with Crippen LogP contribution in [0.1, 0.15) is 27.2 Å². The van der Waals surface area contributed by atoms with Gasteiger partial charge < -0.3 is 0 Å². The number of fused-ring (bicyclic) bond motifs is 1. The fourth-order valence-corrected chi connectivity index (χ4v) is 4.34. The van der Waals surface area contributed by atoms with Crippen molar-refractivity contribution in [3.63, 3.8) is 0 Å². The SMILES string of the molecule is CCCn1c(=O)sc2cc(S(=O)(=O)NC(C)C)ccc21. The summed E-state index contributed by atoms with van der Waals surface area (Å²) in [7, 11) is -3.52. The second-order valence-corrected chi connectivity index (χ2v) is 7.63. The van der Waals surface area contributed by atoms with E-state index in [0.29, 0.717) is 11.2 Å². The van der Waals surface area contributed by atoms with Crippen LogP contribution >= 0.6 is 11.3 Å². The van der Waals surface area contributed by atoms with Crippen molar-refractivity contribution in [1.82, 2.24) is 9.29 Å². The molecule has 7 heteroatoms. The molecule has 0 unspecified atom stereocenters. The van der Waals surface area contributed by atoms with Crippen LogP contribution < -0.4 is 9.60 Å². The average Bonchev–Trinajstić information content (AvgIpc) is 2.64. The Hall–Kier alpha value is -1.18. The Labute approximate surface area is 122 Å². The lowest BCUT2D eigenvalue weighted by Crippen LogP contribution is -2.30. The molecule has 0 saturated carbocycles. The molecule has 0 radical (unpaired) electrons. The Morgan fingerprint density at radius 2 is 2.05 bits per heavy atom. The number of thiazole rings is 1. The van der Waals surface area contributed by atoms with Crippen LogP contribution in [0.5, 0.6) is 0 Å². The van der Waals surface area contributed by atoms with E-state index in [9.17, 15) is 13.2 Å². The lowest BCUT2D eigenvalue weighted by atomic mass is 10.3. The number of nitrogens with zero attached hydrogens (tertiary/aromatic N) is 1. The molecule has 5 nitrogen and oxygen atoms in total. The molecule has 110 valence electrons. The highest BCUT2D eigenvalue weighted by molar-refractivity contribution is 7.89. The van der Waals surface area contributed by atoms with Crippen LogP contribution in [0.15, 0.2) is 27.9 Å². The number of hydrogen-bond donors (Lipinski definition) is 1. The summed E-state index contributed by atoms with van der Waals surface area (Å²) in [6.07, 6.45) is 0.862. The molecule has 0 aliphatic carbocycles. The molecule has 20 heavy (non-hydrogen) atoms. The van der Waals surface area contributed by atoms with Gasteiger partial charge in [-0.25, -0.2) is 13.1 Å². The average molecular weight is 314 g/mol. The molecule has 0 spiro atoms. The zero-order valence-corrected chi connectivity index (χ0v) is 13.3. The largest absolute Gasteiger partial charge is 0.308 e. The monoisotopic (exact) mass is 314 g/mol. The van der Waals surface area contributed by atoms with Crippen LogP contribution in [0.2, 0.25) is 0 Å². The molecular weight excluding hydrogens is 296 g/mol. The normalized spacial score (nSPS) is 12.4. The Balaban J connectivity index is 2.53. The summed E-state index contributed by atoms with van der Waals surface area (Å²) in [5.74, 6) is 0. The lowest BCUT2D eigenvalue weighted by Gasteiger charge is -2.09. The highest BCUT2D eigenvalue weighted by Gasteiger charge is 2.17. The Bertz CT molecular complexity index is 773. The Kier molecular flexibility index (Phi) is 4.31. The summed E-state index contributed by atoms with van der Waals surface area (Å²) < 4.78 is 29.2. The van der Waals surface area contributed by atoms with Crippen LogP contribution in [-0.2, 0) is 16.6 Å². The number of rotatable bonds is 5. The molecule has 2 aromatic rings. The van der Waals surface area contributed by atoms with Crippen molar-refractivity contribution >= 4 is 31.6 Å². The molecule has 0 saturated heterocycles. The quantitative estimate of drug-likeness (QED) is 0.919. The van der Waals surface area contributed by atoms with Crippen LogP contribution in [0.3, 0.4) is 0 Å². The first kappa shape index (κ1) is 15.2. The summed E-state index contributed by atoms with van der Waals surface area (Å²) in [5, 5.41) is 0. The molecule has 0 fully saturated rings. The molecule has 0 atom stereocenters. The third-order valence-electron chi connectivity index (χ3n) is 2.79. The predicted octanol–water partition coefficient (Wildman–Crippen LogP) is 2.16. The van der Waals surface area contributed by atoms with Gasteiger partial charge in [0.1, 0.15) is 0 Å². The molecule has 1 N–H and O–H groups in total. The topological polar surface area (TPSA) is 68.2 Å². The smallest absolute Gasteiger partial charge is 0.299 e. The first-order valence-corrected chi connectivity index (χ1v) is 8.81. The number of sulfonamides is 1. The van der Waals surface area contributed by atoms with E-state index in [0.717, 1.165) is 23.3 Å². The van der Waals surface area contributed by atoms with Gasteiger partial charge in [-0.3, -0.25) is 9.36 Å². The predicted molar refractivity (Wildman–Crippen MR) is 81.8 cm³/mol. The van der Waals surface area contributed by atoms with Gasteiger partial charge in [-0.1, -0.05) is 18.3 Å². The van der Waals surface area contributed by atoms with E-state index in [2.05, 4.69) is 4.72 Å². The highest BCUT2D eigenvalue weighted by Crippen LogP contribution is 2.22. The van der Waals surface area contributed by atoms with Crippen molar-refractivity contribution < 1.29 is 8.42 Å². The summed E-state index contributed by atoms with van der Waals surface area (Å²) in [6, 6.07) is 4.65. The van der Waals surface area contributed by atoms with Gasteiger partial charge >= 0.3 is 4.87 Å². The van der Waals surface area contributed by atoms with Gasteiger partial charge in [-0.2, -0.15) is 0 Å². The number of aryl methyl sites for hydroxylation is 1. The van der Waals surface area contributed by atoms with E-state index in [-0.39, 0.29) is 15.8 Å². The number of benzene rings is 1. The van der Waals surface area contributed by atoms with Gasteiger partial charge in [-0.15, -0.1) is 0 Å². The molecule has 0 amide bonds. The zero-order chi connectivity index (χ0) is 14.9. The van der Waals surface area contributed by atoms with Crippen LogP contribution in [0.4, 0.5) is 0 Å². The molecule has 0 bridgehead atoms. The van der Waals surface area contributed by atoms with Crippen LogP contribution in [-0.4, -0.2) is 19.0 Å². The molecule has 2 rings (SSSR count). The molecule has 1 heterocycles. The zero-order valence-electron chi connectivity index (χ0n) is 11.7. The number of aromatic nitrogens is 1. The van der Waals surface area contributed by atoms with Gasteiger partial charge in [0.15, 0.2) is 0 Å². The second kappa shape index (κ2) is 5.67. The first-order chi connectivity index (χ1) is 9.35. The van der Waals surface area contributed by atoms with Crippen molar-refractivity contribution in [3.8, 4) is 0 Å². The van der Waals surface area contributed by atoms with Crippen molar-refractivity contribution in [1.29, 1.82) is 0 Å². The van der Waals surface area contributed by atoms with E-state index in [1.807, 2.05) is 6.92 Å². The van der Waals surface area contributed by atoms with Gasteiger partial charge in [-0.05, 0) is 38.5 Å². The van der Waals surface area contributed by atoms with E-state index >= 15 is 0 Å². The molecule has 1 aromatic heterocycles. The second-order valence-electron chi connectivity index (χ2n) is 4.93. The van der Waals surface area contributed by atoms with Crippen molar-refractivity contribution in [2.45, 2.75) is 44.7 Å². The summed E-state index contributed by atoms with van der Waals surface area (Å²) >= 11 is 1.08. The van der Waals surface area contributed by atoms with Crippen LogP contribution in [0, 0.1) is 0 Å². The fraction of sp³-hybridized carbons (Fsp3) is 0.462. The summed E-state index contributed by atoms with van der Waals surface area (Å²) in [5.41, 5.74) is 0.797. The van der Waals surface area contributed by atoms with E-state index in [1.54, 1.807) is 36.6 Å². The number of nitrogens with one attached hydrogen (secondary N) is 1. The van der Waals surface area contributed by atoms with Crippen molar-refractivity contribution in [2.75, 3.05) is 0 Å². The minimum Gasteiger partial charge on any atom is -0.299 e. The summed E-state index contributed by atoms with van der Waals surface area (Å²) in [4.78, 5) is 12.0. The summed E-state index contributed by atoms with van der Waals surface area (Å²) in [6.45, 7) is 6.19. The Morgan fingerprint density at radius 3 is 2.65 bits per heavy atom. The minimum atomic E-state index is -3.52. The van der Waals surface area contributed by atoms with Gasteiger partial charge in [0.25, 0.3) is 0 Å². The van der Waals surface area contributed by atoms with Gasteiger partial charge in [0.05, 0.1) is 15.1 Å². The van der Waals surface area contributed by atoms with Crippen LogP contribution in [0.25, 0.3) is 10.2 Å². The van der Waals surface area contributed by atoms with Crippen molar-refractivity contribution in [2.24, 2.45) is 0 Å². The maximum atomic E-state index is 12.1. The maximum absolute atomic E-state index is 12.1. The maximum Gasteiger partial charge on any atom is 0.308 e. The Morgan fingerprint density at radius 1 is 1.35 bits per heavy atom. The first-order valence-electron chi connectivity index (χ1n) is 6.51. The van der Waals surface area contributed by atoms with E-state index in [4.69, 9.17) is 0 Å². The number of hydrogen-bond acceptors (Lipinski definition) is 4. The van der Waals surface area contributed by atoms with Gasteiger partial charge in [0, 0.05) is 12.6 Å². The van der Waals surface area contributed by atoms with E-state index < -0.39 is 10.0 Å². The fourth-order valence-electron chi connectivity index (χ4n) is 2.03. The third-order valence-corrected chi connectivity index (χ3v) is 5.39. The van der Waals surface area contributed by atoms with Crippen molar-refractivity contribution in [3.05, 3.63) is 27.9 Å². The third kappa shape index (κ3) is 2.94. The van der Waals surface area contributed by atoms with Gasteiger partial charge in [0.2, 0.25) is 10.0 Å². The highest BCUT2D eigenvalue weighted by atomic mass is 32.2. The molecular formula is C13H18N2O3S2. The van der Waals surface area contributed by atoms with E-state index in [1.165, 1.54) is 0 Å². The molecule has 1 aromatic carbocycles. The molecule has 0 aliphatic rings. The standard InChI is InChI=1S/C13H18N2O3S2/c1-4-7-15-11-6-5-10(8-12(11)19-13(15)16)20(17,18)14-9(2)3/h5-6,8-9,14H,4,7H2,1-3H3.